The molecule has 0 radical (unpaired) electrons. The zero-order valence-electron chi connectivity index (χ0n) is 9.00. The van der Waals surface area contributed by atoms with Gasteiger partial charge in [0.1, 0.15) is 0 Å². The van der Waals surface area contributed by atoms with E-state index in [4.69, 9.17) is 5.21 Å². The maximum atomic E-state index is 8.67. The topological polar surface area (TPSA) is 35.8 Å². The summed E-state index contributed by atoms with van der Waals surface area (Å²) in [6.07, 6.45) is 6.48. The van der Waals surface area contributed by atoms with Crippen LogP contribution >= 0.6 is 0 Å². The van der Waals surface area contributed by atoms with Gasteiger partial charge < -0.3 is 5.21 Å². The van der Waals surface area contributed by atoms with Gasteiger partial charge in [0.25, 0.3) is 0 Å². The van der Waals surface area contributed by atoms with Gasteiger partial charge in [0.2, 0.25) is 0 Å². The van der Waals surface area contributed by atoms with Crippen LogP contribution in [-0.4, -0.2) is 35.5 Å². The summed E-state index contributed by atoms with van der Waals surface area (Å²) >= 11 is 0. The molecule has 80 valence electrons. The molecule has 0 unspecified atom stereocenters. The van der Waals surface area contributed by atoms with Crippen LogP contribution in [0.5, 0.6) is 0 Å². The van der Waals surface area contributed by atoms with Gasteiger partial charge >= 0.3 is 0 Å². The van der Waals surface area contributed by atoms with Crippen LogP contribution in [0.2, 0.25) is 0 Å². The quantitative estimate of drug-likeness (QED) is 0.542. The van der Waals surface area contributed by atoms with Crippen molar-refractivity contribution in [2.24, 2.45) is 10.6 Å². The first-order valence-corrected chi connectivity index (χ1v) is 5.64. The van der Waals surface area contributed by atoms with Crippen molar-refractivity contribution >= 4 is 5.71 Å². The van der Waals surface area contributed by atoms with E-state index in [2.05, 4.69) is 17.0 Å². The van der Waals surface area contributed by atoms with E-state index in [0.29, 0.717) is 5.41 Å². The SMILES string of the molecule is CC1(CN2CC/C(=N/O)C2)CCCC1. The molecule has 0 aromatic carbocycles. The first-order valence-electron chi connectivity index (χ1n) is 5.64. The van der Waals surface area contributed by atoms with E-state index in [1.807, 2.05) is 0 Å². The summed E-state index contributed by atoms with van der Waals surface area (Å²) in [5.41, 5.74) is 1.48. The first-order chi connectivity index (χ1) is 6.72. The molecule has 1 aliphatic carbocycles. The largest absolute Gasteiger partial charge is 0.411 e. The monoisotopic (exact) mass is 196 g/mol. The number of oxime groups is 1. The van der Waals surface area contributed by atoms with Crippen molar-refractivity contribution in [3.8, 4) is 0 Å². The highest BCUT2D eigenvalue weighted by molar-refractivity contribution is 5.87. The standard InChI is InChI=1S/C11H20N2O/c1-11(5-2-3-6-11)9-13-7-4-10(8-13)12-14/h14H,2-9H2,1H3/b12-10-. The van der Waals surface area contributed by atoms with Crippen molar-refractivity contribution in [1.82, 2.24) is 4.90 Å². The number of hydrogen-bond donors (Lipinski definition) is 1. The van der Waals surface area contributed by atoms with Gasteiger partial charge in [-0.3, -0.25) is 4.90 Å². The molecular formula is C11H20N2O. The Labute approximate surface area is 85.8 Å². The van der Waals surface area contributed by atoms with E-state index in [1.54, 1.807) is 0 Å². The molecule has 2 fully saturated rings. The molecule has 0 aromatic heterocycles. The van der Waals surface area contributed by atoms with Crippen LogP contribution in [0.4, 0.5) is 0 Å². The van der Waals surface area contributed by atoms with Crippen LogP contribution < -0.4 is 0 Å². The summed E-state index contributed by atoms with van der Waals surface area (Å²) in [7, 11) is 0. The lowest BCUT2D eigenvalue weighted by Gasteiger charge is -2.29. The number of nitrogens with zero attached hydrogens (tertiary/aromatic N) is 2. The third-order valence-corrected chi connectivity index (χ3v) is 3.68. The average Bonchev–Trinajstić information content (AvgIpc) is 2.75. The van der Waals surface area contributed by atoms with Crippen LogP contribution in [0.1, 0.15) is 39.0 Å². The summed E-state index contributed by atoms with van der Waals surface area (Å²) in [5, 5.41) is 12.0. The van der Waals surface area contributed by atoms with E-state index in [0.717, 1.165) is 25.2 Å². The lowest BCUT2D eigenvalue weighted by Crippen LogP contribution is -2.32. The van der Waals surface area contributed by atoms with Gasteiger partial charge in [-0.05, 0) is 18.3 Å². The Bertz CT molecular complexity index is 231. The smallest absolute Gasteiger partial charge is 0.0723 e. The molecule has 1 heterocycles. The Hall–Kier alpha value is -0.570. The Morgan fingerprint density at radius 3 is 2.71 bits per heavy atom. The maximum absolute atomic E-state index is 8.67. The van der Waals surface area contributed by atoms with Crippen LogP contribution in [0, 0.1) is 5.41 Å². The molecule has 0 spiro atoms. The van der Waals surface area contributed by atoms with Crippen molar-refractivity contribution in [3.63, 3.8) is 0 Å². The molecule has 0 bridgehead atoms. The predicted octanol–water partition coefficient (Wildman–Crippen LogP) is 2.10. The minimum absolute atomic E-state index is 0.533. The third-order valence-electron chi connectivity index (χ3n) is 3.68. The molecule has 2 rings (SSSR count). The van der Waals surface area contributed by atoms with E-state index >= 15 is 0 Å². The van der Waals surface area contributed by atoms with Gasteiger partial charge in [-0.2, -0.15) is 0 Å². The van der Waals surface area contributed by atoms with Crippen molar-refractivity contribution in [1.29, 1.82) is 0 Å². The molecule has 2 aliphatic rings. The Balaban J connectivity index is 1.86. The summed E-state index contributed by atoms with van der Waals surface area (Å²) in [5.74, 6) is 0. The maximum Gasteiger partial charge on any atom is 0.0723 e. The summed E-state index contributed by atoms with van der Waals surface area (Å²) in [6.45, 7) is 5.54. The van der Waals surface area contributed by atoms with Gasteiger partial charge in [-0.25, -0.2) is 0 Å². The fourth-order valence-corrected chi connectivity index (χ4v) is 2.85. The number of hydrogen-bond acceptors (Lipinski definition) is 3. The Morgan fingerprint density at radius 1 is 1.43 bits per heavy atom. The molecule has 0 aromatic rings. The molecule has 1 saturated carbocycles. The number of likely N-dealkylation sites (tertiary alicyclic amines) is 1. The molecule has 0 amide bonds. The second-order valence-electron chi connectivity index (χ2n) is 5.14. The Morgan fingerprint density at radius 2 is 2.14 bits per heavy atom. The second-order valence-corrected chi connectivity index (χ2v) is 5.14. The van der Waals surface area contributed by atoms with Crippen LogP contribution in [0.25, 0.3) is 0 Å². The molecule has 3 nitrogen and oxygen atoms in total. The molecular weight excluding hydrogens is 176 g/mol. The van der Waals surface area contributed by atoms with Gasteiger partial charge in [-0.15, -0.1) is 0 Å². The fraction of sp³-hybridized carbons (Fsp3) is 0.909. The van der Waals surface area contributed by atoms with Crippen molar-refractivity contribution in [2.75, 3.05) is 19.6 Å². The van der Waals surface area contributed by atoms with Crippen molar-refractivity contribution < 1.29 is 5.21 Å². The zero-order chi connectivity index (χ0) is 10.0. The van der Waals surface area contributed by atoms with Gasteiger partial charge in [0, 0.05) is 26.1 Å². The molecule has 1 saturated heterocycles. The molecule has 1 N–H and O–H groups in total. The molecule has 14 heavy (non-hydrogen) atoms. The normalized spacial score (nSPS) is 30.2. The minimum atomic E-state index is 0.533. The van der Waals surface area contributed by atoms with Gasteiger partial charge in [0.15, 0.2) is 0 Å². The summed E-state index contributed by atoms with van der Waals surface area (Å²) < 4.78 is 0. The van der Waals surface area contributed by atoms with Crippen LogP contribution in [0.3, 0.4) is 0 Å². The highest BCUT2D eigenvalue weighted by atomic mass is 16.4. The second kappa shape index (κ2) is 3.89. The number of rotatable bonds is 2. The van der Waals surface area contributed by atoms with Crippen LogP contribution in [0.15, 0.2) is 5.16 Å². The molecule has 0 atom stereocenters. The average molecular weight is 196 g/mol. The fourth-order valence-electron chi connectivity index (χ4n) is 2.85. The lowest BCUT2D eigenvalue weighted by molar-refractivity contribution is 0.200. The van der Waals surface area contributed by atoms with Crippen LogP contribution in [-0.2, 0) is 0 Å². The summed E-state index contributed by atoms with van der Waals surface area (Å²) in [6, 6.07) is 0. The predicted molar refractivity (Wildman–Crippen MR) is 56.9 cm³/mol. The Kier molecular flexibility index (Phi) is 2.77. The van der Waals surface area contributed by atoms with Gasteiger partial charge in [-0.1, -0.05) is 24.9 Å². The van der Waals surface area contributed by atoms with E-state index < -0.39 is 0 Å². The lowest BCUT2D eigenvalue weighted by atomic mass is 9.88. The molecule has 3 heteroatoms. The van der Waals surface area contributed by atoms with Crippen molar-refractivity contribution in [3.05, 3.63) is 0 Å². The van der Waals surface area contributed by atoms with Gasteiger partial charge in [0.05, 0.1) is 5.71 Å². The van der Waals surface area contributed by atoms with E-state index in [9.17, 15) is 0 Å². The summed E-state index contributed by atoms with van der Waals surface area (Å²) in [4.78, 5) is 2.43. The van der Waals surface area contributed by atoms with E-state index in [1.165, 1.54) is 32.2 Å². The molecule has 1 aliphatic heterocycles. The minimum Gasteiger partial charge on any atom is -0.411 e. The zero-order valence-corrected chi connectivity index (χ0v) is 9.00. The first kappa shape index (κ1) is 9.97. The highest BCUT2D eigenvalue weighted by Gasteiger charge is 2.32. The highest BCUT2D eigenvalue weighted by Crippen LogP contribution is 2.38. The van der Waals surface area contributed by atoms with E-state index in [-0.39, 0.29) is 0 Å². The van der Waals surface area contributed by atoms with Crippen molar-refractivity contribution in [2.45, 2.75) is 39.0 Å². The third kappa shape index (κ3) is 2.08.